The van der Waals surface area contributed by atoms with E-state index in [0.29, 0.717) is 18.0 Å². The molecule has 6 nitrogen and oxygen atoms in total. The summed E-state index contributed by atoms with van der Waals surface area (Å²) in [5.74, 6) is 0.379. The van der Waals surface area contributed by atoms with Crippen LogP contribution in [0.5, 0.6) is 0 Å². The van der Waals surface area contributed by atoms with E-state index in [4.69, 9.17) is 4.74 Å². The first-order chi connectivity index (χ1) is 17.1. The summed E-state index contributed by atoms with van der Waals surface area (Å²) in [6.07, 6.45) is 5.46. The molecule has 1 N–H and O–H groups in total. The molecule has 0 bridgehead atoms. The number of carbonyl (C=O) groups excluding carboxylic acids is 2. The Kier molecular flexibility index (Phi) is 7.49. The number of likely N-dealkylation sites (tertiary alicyclic amines) is 1. The molecule has 4 unspecified atom stereocenters. The van der Waals surface area contributed by atoms with Gasteiger partial charge >= 0.3 is 0 Å². The SMILES string of the molecule is CC1CN(Cc2cccc(CNC(=O)C3CC4CCCCC4N3C(=O)c3ccccc3)c2)CCO1. The lowest BCUT2D eigenvalue weighted by Gasteiger charge is -2.33. The molecule has 0 radical (unpaired) electrons. The molecule has 2 aromatic rings. The highest BCUT2D eigenvalue weighted by molar-refractivity contribution is 5.98. The fraction of sp³-hybridized carbons (Fsp3) is 0.517. The predicted molar refractivity (Wildman–Crippen MR) is 136 cm³/mol. The first kappa shape index (κ1) is 24.0. The van der Waals surface area contributed by atoms with Crippen molar-refractivity contribution in [3.05, 3.63) is 71.3 Å². The number of nitrogens with one attached hydrogen (secondary N) is 1. The fourth-order valence-corrected chi connectivity index (χ4v) is 6.15. The molecule has 1 aliphatic carbocycles. The number of carbonyl (C=O) groups is 2. The van der Waals surface area contributed by atoms with Gasteiger partial charge in [-0.1, -0.05) is 55.3 Å². The second-order valence-corrected chi connectivity index (χ2v) is 10.4. The molecule has 6 heteroatoms. The summed E-state index contributed by atoms with van der Waals surface area (Å²) in [5, 5.41) is 3.16. The van der Waals surface area contributed by atoms with Crippen molar-refractivity contribution >= 4 is 11.8 Å². The van der Waals surface area contributed by atoms with E-state index in [-0.39, 0.29) is 24.0 Å². The van der Waals surface area contributed by atoms with Gasteiger partial charge in [-0.2, -0.15) is 0 Å². The van der Waals surface area contributed by atoms with E-state index in [9.17, 15) is 9.59 Å². The van der Waals surface area contributed by atoms with E-state index in [1.807, 2.05) is 35.2 Å². The third kappa shape index (κ3) is 5.60. The summed E-state index contributed by atoms with van der Waals surface area (Å²) in [4.78, 5) is 31.2. The number of ether oxygens (including phenoxy) is 1. The molecule has 0 spiro atoms. The summed E-state index contributed by atoms with van der Waals surface area (Å²) in [7, 11) is 0. The number of hydrogen-bond acceptors (Lipinski definition) is 4. The molecule has 35 heavy (non-hydrogen) atoms. The summed E-state index contributed by atoms with van der Waals surface area (Å²) in [6, 6.07) is 17.6. The van der Waals surface area contributed by atoms with Crippen LogP contribution >= 0.6 is 0 Å². The molecule has 5 rings (SSSR count). The van der Waals surface area contributed by atoms with Crippen molar-refractivity contribution in [3.63, 3.8) is 0 Å². The molecule has 2 amide bonds. The maximum Gasteiger partial charge on any atom is 0.254 e. The minimum absolute atomic E-state index is 0.0121. The average molecular weight is 476 g/mol. The monoisotopic (exact) mass is 475 g/mol. The highest BCUT2D eigenvalue weighted by atomic mass is 16.5. The smallest absolute Gasteiger partial charge is 0.254 e. The van der Waals surface area contributed by atoms with Crippen LogP contribution in [0.3, 0.4) is 0 Å². The van der Waals surface area contributed by atoms with Gasteiger partial charge in [-0.15, -0.1) is 0 Å². The number of nitrogens with zero attached hydrogens (tertiary/aromatic N) is 2. The second kappa shape index (κ2) is 10.9. The Morgan fingerprint density at radius 2 is 1.83 bits per heavy atom. The van der Waals surface area contributed by atoms with E-state index in [1.165, 1.54) is 12.0 Å². The Hall–Kier alpha value is -2.70. The van der Waals surface area contributed by atoms with E-state index in [0.717, 1.165) is 57.5 Å². The van der Waals surface area contributed by atoms with Crippen LogP contribution in [-0.4, -0.2) is 59.5 Å². The lowest BCUT2D eigenvalue weighted by molar-refractivity contribution is -0.125. The van der Waals surface area contributed by atoms with Crippen molar-refractivity contribution in [2.24, 2.45) is 5.92 Å². The number of rotatable bonds is 6. The third-order valence-electron chi connectivity index (χ3n) is 7.84. The molecule has 2 aliphatic heterocycles. The third-order valence-corrected chi connectivity index (χ3v) is 7.84. The summed E-state index contributed by atoms with van der Waals surface area (Å²) in [5.41, 5.74) is 3.01. The van der Waals surface area contributed by atoms with Crippen LogP contribution in [0.15, 0.2) is 54.6 Å². The van der Waals surface area contributed by atoms with Crippen LogP contribution in [0.1, 0.15) is 60.5 Å². The Morgan fingerprint density at radius 1 is 1.03 bits per heavy atom. The zero-order valence-electron chi connectivity index (χ0n) is 20.7. The lowest BCUT2D eigenvalue weighted by atomic mass is 9.84. The van der Waals surface area contributed by atoms with Gasteiger partial charge in [0.05, 0.1) is 12.7 Å². The van der Waals surface area contributed by atoms with Crippen LogP contribution in [0, 0.1) is 5.92 Å². The molecule has 4 atom stereocenters. The molecule has 2 aromatic carbocycles. The van der Waals surface area contributed by atoms with Crippen molar-refractivity contribution in [1.82, 2.24) is 15.1 Å². The highest BCUT2D eigenvalue weighted by Crippen LogP contribution is 2.40. The summed E-state index contributed by atoms with van der Waals surface area (Å²) in [6.45, 7) is 6.14. The number of hydrogen-bond donors (Lipinski definition) is 1. The van der Waals surface area contributed by atoms with Gasteiger partial charge < -0.3 is 15.0 Å². The van der Waals surface area contributed by atoms with Gasteiger partial charge in [-0.25, -0.2) is 0 Å². The molecule has 1 saturated carbocycles. The summed E-state index contributed by atoms with van der Waals surface area (Å²) >= 11 is 0. The quantitative estimate of drug-likeness (QED) is 0.686. The first-order valence-electron chi connectivity index (χ1n) is 13.2. The van der Waals surface area contributed by atoms with Gasteiger partial charge in [-0.3, -0.25) is 14.5 Å². The number of benzene rings is 2. The maximum atomic E-state index is 13.5. The minimum atomic E-state index is -0.395. The standard InChI is InChI=1S/C29H37N3O3/c1-21-19-31(14-15-35-21)20-23-9-7-8-22(16-23)18-30-28(33)27-17-25-12-5-6-13-26(25)32(27)29(34)24-10-3-2-4-11-24/h2-4,7-11,16,21,25-27H,5-6,12-15,17-20H2,1H3,(H,30,33). The summed E-state index contributed by atoms with van der Waals surface area (Å²) < 4.78 is 5.65. The molecule has 186 valence electrons. The number of amides is 2. The maximum absolute atomic E-state index is 13.5. The van der Waals surface area contributed by atoms with E-state index in [2.05, 4.69) is 41.4 Å². The Bertz CT molecular complexity index is 1030. The van der Waals surface area contributed by atoms with Crippen molar-refractivity contribution in [2.45, 2.75) is 70.3 Å². The van der Waals surface area contributed by atoms with Gasteiger partial charge in [0.1, 0.15) is 6.04 Å². The normalized spacial score (nSPS) is 26.8. The average Bonchev–Trinajstić information content (AvgIpc) is 3.27. The molecule has 2 heterocycles. The molecular formula is C29H37N3O3. The lowest BCUT2D eigenvalue weighted by Crippen LogP contribution is -2.49. The van der Waals surface area contributed by atoms with Crippen molar-refractivity contribution in [3.8, 4) is 0 Å². The van der Waals surface area contributed by atoms with Gasteiger partial charge in [0.15, 0.2) is 0 Å². The first-order valence-corrected chi connectivity index (χ1v) is 13.2. The zero-order chi connectivity index (χ0) is 24.2. The second-order valence-electron chi connectivity index (χ2n) is 10.4. The molecule has 3 aliphatic rings. The highest BCUT2D eigenvalue weighted by Gasteiger charge is 2.47. The fourth-order valence-electron chi connectivity index (χ4n) is 6.15. The van der Waals surface area contributed by atoms with Crippen LogP contribution < -0.4 is 5.32 Å². The van der Waals surface area contributed by atoms with Gasteiger partial charge in [0.2, 0.25) is 5.91 Å². The molecule has 2 saturated heterocycles. The van der Waals surface area contributed by atoms with Crippen molar-refractivity contribution in [1.29, 1.82) is 0 Å². The van der Waals surface area contributed by atoms with Crippen LogP contribution in [0.25, 0.3) is 0 Å². The van der Waals surface area contributed by atoms with Crippen LogP contribution in [-0.2, 0) is 22.6 Å². The zero-order valence-corrected chi connectivity index (χ0v) is 20.7. The van der Waals surface area contributed by atoms with E-state index < -0.39 is 6.04 Å². The van der Waals surface area contributed by atoms with Gasteiger partial charge in [-0.05, 0) is 55.4 Å². The van der Waals surface area contributed by atoms with Crippen LogP contribution in [0.4, 0.5) is 0 Å². The Labute approximate surface area is 208 Å². The van der Waals surface area contributed by atoms with Crippen molar-refractivity contribution in [2.75, 3.05) is 19.7 Å². The topological polar surface area (TPSA) is 61.9 Å². The van der Waals surface area contributed by atoms with Crippen molar-refractivity contribution < 1.29 is 14.3 Å². The molecule has 0 aromatic heterocycles. The van der Waals surface area contributed by atoms with Crippen LogP contribution in [0.2, 0.25) is 0 Å². The van der Waals surface area contributed by atoms with E-state index in [1.54, 1.807) is 0 Å². The molecular weight excluding hydrogens is 438 g/mol. The Morgan fingerprint density at radius 3 is 2.66 bits per heavy atom. The van der Waals surface area contributed by atoms with E-state index >= 15 is 0 Å². The van der Waals surface area contributed by atoms with Gasteiger partial charge in [0, 0.05) is 37.8 Å². The Balaban J connectivity index is 1.25. The molecule has 3 fully saturated rings. The number of fused-ring (bicyclic) bond motifs is 1. The number of morpholine rings is 1. The van der Waals surface area contributed by atoms with Gasteiger partial charge in [0.25, 0.3) is 5.91 Å². The largest absolute Gasteiger partial charge is 0.376 e. The minimum Gasteiger partial charge on any atom is -0.376 e. The predicted octanol–water partition coefficient (Wildman–Crippen LogP) is 4.00.